The van der Waals surface area contributed by atoms with Gasteiger partial charge in [-0.15, -0.1) is 0 Å². The molecule has 2 unspecified atom stereocenters. The number of likely N-dealkylation sites (tertiary alicyclic amines) is 1. The lowest BCUT2D eigenvalue weighted by Gasteiger charge is -2.16. The number of nitriles is 1. The van der Waals surface area contributed by atoms with Crippen LogP contribution < -0.4 is 10.6 Å². The summed E-state index contributed by atoms with van der Waals surface area (Å²) < 4.78 is 0. The zero-order valence-electron chi connectivity index (χ0n) is 11.3. The third-order valence-electron chi connectivity index (χ3n) is 4.15. The predicted octanol–water partition coefficient (Wildman–Crippen LogP) is 0.648. The quantitative estimate of drug-likeness (QED) is 0.846. The summed E-state index contributed by atoms with van der Waals surface area (Å²) in [6.07, 6.45) is 0. The van der Waals surface area contributed by atoms with Crippen molar-refractivity contribution in [2.75, 3.05) is 38.0 Å². The Balaban J connectivity index is 1.57. The van der Waals surface area contributed by atoms with Crippen LogP contribution in [-0.2, 0) is 4.79 Å². The summed E-state index contributed by atoms with van der Waals surface area (Å²) >= 11 is 0. The second-order valence-corrected chi connectivity index (χ2v) is 5.58. The van der Waals surface area contributed by atoms with E-state index in [0.717, 1.165) is 26.2 Å². The lowest BCUT2D eigenvalue weighted by Crippen LogP contribution is -2.33. The number of para-hydroxylation sites is 1. The first-order valence-electron chi connectivity index (χ1n) is 6.98. The van der Waals surface area contributed by atoms with E-state index in [0.29, 0.717) is 29.6 Å². The summed E-state index contributed by atoms with van der Waals surface area (Å²) in [7, 11) is 0. The van der Waals surface area contributed by atoms with Crippen molar-refractivity contribution in [1.82, 2.24) is 10.2 Å². The molecule has 5 nitrogen and oxygen atoms in total. The van der Waals surface area contributed by atoms with Gasteiger partial charge < -0.3 is 10.6 Å². The second-order valence-electron chi connectivity index (χ2n) is 5.58. The summed E-state index contributed by atoms with van der Waals surface area (Å²) in [6, 6.07) is 9.18. The molecule has 1 amide bonds. The van der Waals surface area contributed by atoms with Crippen LogP contribution in [0.3, 0.4) is 0 Å². The van der Waals surface area contributed by atoms with Gasteiger partial charge in [0.15, 0.2) is 0 Å². The lowest BCUT2D eigenvalue weighted by molar-refractivity contribution is -0.117. The van der Waals surface area contributed by atoms with Gasteiger partial charge in [0, 0.05) is 13.1 Å². The van der Waals surface area contributed by atoms with E-state index in [2.05, 4.69) is 21.6 Å². The van der Waals surface area contributed by atoms with Gasteiger partial charge >= 0.3 is 0 Å². The van der Waals surface area contributed by atoms with Crippen molar-refractivity contribution in [2.45, 2.75) is 0 Å². The Morgan fingerprint density at radius 2 is 2.05 bits per heavy atom. The maximum atomic E-state index is 12.1. The summed E-state index contributed by atoms with van der Waals surface area (Å²) in [4.78, 5) is 14.3. The van der Waals surface area contributed by atoms with Crippen molar-refractivity contribution in [2.24, 2.45) is 11.8 Å². The minimum atomic E-state index is -0.0411. The molecule has 5 heteroatoms. The van der Waals surface area contributed by atoms with Crippen molar-refractivity contribution < 1.29 is 4.79 Å². The fraction of sp³-hybridized carbons (Fsp3) is 0.467. The summed E-state index contributed by atoms with van der Waals surface area (Å²) in [5.74, 6) is 1.34. The molecule has 2 heterocycles. The molecule has 0 bridgehead atoms. The fourth-order valence-electron chi connectivity index (χ4n) is 3.16. The molecular formula is C15H18N4O. The van der Waals surface area contributed by atoms with Crippen LogP contribution in [0.5, 0.6) is 0 Å². The normalized spacial score (nSPS) is 25.1. The van der Waals surface area contributed by atoms with Gasteiger partial charge in [0.1, 0.15) is 6.07 Å². The zero-order valence-corrected chi connectivity index (χ0v) is 11.3. The SMILES string of the molecule is N#Cc1ccccc1NC(=O)CN1CC2CNCC2C1. The number of nitrogens with zero attached hydrogens (tertiary/aromatic N) is 2. The largest absolute Gasteiger partial charge is 0.324 e. The predicted molar refractivity (Wildman–Crippen MR) is 76.1 cm³/mol. The average Bonchev–Trinajstić information content (AvgIpc) is 3.00. The number of benzene rings is 1. The summed E-state index contributed by atoms with van der Waals surface area (Å²) in [5.41, 5.74) is 1.10. The van der Waals surface area contributed by atoms with Crippen LogP contribution in [0.4, 0.5) is 5.69 Å². The van der Waals surface area contributed by atoms with E-state index in [1.54, 1.807) is 18.2 Å². The molecule has 3 rings (SSSR count). The van der Waals surface area contributed by atoms with Crippen LogP contribution in [0.15, 0.2) is 24.3 Å². The van der Waals surface area contributed by atoms with E-state index >= 15 is 0 Å². The Morgan fingerprint density at radius 3 is 2.75 bits per heavy atom. The molecule has 2 aliphatic heterocycles. The maximum Gasteiger partial charge on any atom is 0.238 e. The molecule has 0 aromatic heterocycles. The van der Waals surface area contributed by atoms with Crippen LogP contribution in [-0.4, -0.2) is 43.5 Å². The third kappa shape index (κ3) is 2.67. The van der Waals surface area contributed by atoms with E-state index in [-0.39, 0.29) is 5.91 Å². The molecule has 0 aliphatic carbocycles. The van der Waals surface area contributed by atoms with Crippen molar-refractivity contribution in [3.05, 3.63) is 29.8 Å². The monoisotopic (exact) mass is 270 g/mol. The van der Waals surface area contributed by atoms with E-state index in [4.69, 9.17) is 5.26 Å². The van der Waals surface area contributed by atoms with Gasteiger partial charge in [0.25, 0.3) is 0 Å². The second kappa shape index (κ2) is 5.61. The summed E-state index contributed by atoms with van der Waals surface area (Å²) in [5, 5.41) is 15.2. The minimum Gasteiger partial charge on any atom is -0.324 e. The highest BCUT2D eigenvalue weighted by molar-refractivity contribution is 5.93. The first-order chi connectivity index (χ1) is 9.76. The number of fused-ring (bicyclic) bond motifs is 1. The van der Waals surface area contributed by atoms with Gasteiger partial charge in [-0.25, -0.2) is 0 Å². The molecule has 2 aliphatic rings. The van der Waals surface area contributed by atoms with Gasteiger partial charge in [-0.05, 0) is 37.1 Å². The maximum absolute atomic E-state index is 12.1. The molecule has 0 radical (unpaired) electrons. The van der Waals surface area contributed by atoms with Crippen LogP contribution in [0.2, 0.25) is 0 Å². The third-order valence-corrected chi connectivity index (χ3v) is 4.15. The highest BCUT2D eigenvalue weighted by Crippen LogP contribution is 2.26. The standard InChI is InChI=1S/C15H18N4O/c16-5-11-3-1-2-4-14(11)18-15(20)10-19-8-12-6-17-7-13(12)9-19/h1-4,12-13,17H,6-10H2,(H,18,20). The summed E-state index contributed by atoms with van der Waals surface area (Å²) in [6.45, 7) is 4.53. The Hall–Kier alpha value is -1.90. The first-order valence-corrected chi connectivity index (χ1v) is 6.98. The van der Waals surface area contributed by atoms with Crippen LogP contribution >= 0.6 is 0 Å². The van der Waals surface area contributed by atoms with Crippen molar-refractivity contribution >= 4 is 11.6 Å². The number of amides is 1. The highest BCUT2D eigenvalue weighted by Gasteiger charge is 2.36. The molecule has 20 heavy (non-hydrogen) atoms. The molecular weight excluding hydrogens is 252 g/mol. The Bertz CT molecular complexity index is 539. The zero-order chi connectivity index (χ0) is 13.9. The van der Waals surface area contributed by atoms with Crippen molar-refractivity contribution in [3.8, 4) is 6.07 Å². The molecule has 104 valence electrons. The molecule has 2 fully saturated rings. The fourth-order valence-corrected chi connectivity index (χ4v) is 3.16. The molecule has 2 N–H and O–H groups in total. The number of hydrogen-bond donors (Lipinski definition) is 2. The lowest BCUT2D eigenvalue weighted by atomic mass is 10.0. The molecule has 1 aromatic carbocycles. The molecule has 2 saturated heterocycles. The van der Waals surface area contributed by atoms with E-state index in [1.165, 1.54) is 0 Å². The van der Waals surface area contributed by atoms with E-state index < -0.39 is 0 Å². The van der Waals surface area contributed by atoms with Gasteiger partial charge in [-0.1, -0.05) is 12.1 Å². The Morgan fingerprint density at radius 1 is 1.35 bits per heavy atom. The van der Waals surface area contributed by atoms with Crippen LogP contribution in [0.1, 0.15) is 5.56 Å². The van der Waals surface area contributed by atoms with Gasteiger partial charge in [-0.3, -0.25) is 9.69 Å². The molecule has 0 spiro atoms. The topological polar surface area (TPSA) is 68.2 Å². The number of hydrogen-bond acceptors (Lipinski definition) is 4. The van der Waals surface area contributed by atoms with Crippen molar-refractivity contribution in [3.63, 3.8) is 0 Å². The number of rotatable bonds is 3. The van der Waals surface area contributed by atoms with Gasteiger partial charge in [0.2, 0.25) is 5.91 Å². The molecule has 0 saturated carbocycles. The number of carbonyl (C=O) groups is 1. The number of nitrogens with one attached hydrogen (secondary N) is 2. The average molecular weight is 270 g/mol. The minimum absolute atomic E-state index is 0.0411. The first kappa shape index (κ1) is 13.1. The van der Waals surface area contributed by atoms with Crippen LogP contribution in [0.25, 0.3) is 0 Å². The van der Waals surface area contributed by atoms with Gasteiger partial charge in [0.05, 0.1) is 17.8 Å². The van der Waals surface area contributed by atoms with E-state index in [9.17, 15) is 4.79 Å². The van der Waals surface area contributed by atoms with E-state index in [1.807, 2.05) is 6.07 Å². The smallest absolute Gasteiger partial charge is 0.238 e. The van der Waals surface area contributed by atoms with Crippen molar-refractivity contribution in [1.29, 1.82) is 5.26 Å². The van der Waals surface area contributed by atoms with Gasteiger partial charge in [-0.2, -0.15) is 5.26 Å². The molecule has 2 atom stereocenters. The Labute approximate surface area is 118 Å². The number of anilines is 1. The highest BCUT2D eigenvalue weighted by atomic mass is 16.2. The van der Waals surface area contributed by atoms with Crippen LogP contribution in [0, 0.1) is 23.2 Å². The Kier molecular flexibility index (Phi) is 3.68. The molecule has 1 aromatic rings. The number of carbonyl (C=O) groups excluding carboxylic acids is 1.